The molecule has 0 aromatic carbocycles. The van der Waals surface area contributed by atoms with Crippen LogP contribution in [0.2, 0.25) is 0 Å². The Labute approximate surface area is 152 Å². The molecule has 6 nitrogen and oxygen atoms in total. The molecule has 4 rings (SSSR count). The quantitative estimate of drug-likeness (QED) is 0.791. The number of H-pyrrole nitrogens is 1. The SMILES string of the molecule is CN(C)C(=O)c1ccnc(N2CC=C(c3c[nH]c4ncccc34)CC2)c1. The van der Waals surface area contributed by atoms with Gasteiger partial charge in [-0.2, -0.15) is 0 Å². The molecule has 0 unspecified atom stereocenters. The van der Waals surface area contributed by atoms with E-state index in [0.717, 1.165) is 36.4 Å². The van der Waals surface area contributed by atoms with Crippen molar-refractivity contribution in [1.82, 2.24) is 19.9 Å². The van der Waals surface area contributed by atoms with Crippen molar-refractivity contribution in [3.8, 4) is 0 Å². The molecule has 1 aliphatic heterocycles. The van der Waals surface area contributed by atoms with Crippen LogP contribution in [0.15, 0.2) is 48.9 Å². The summed E-state index contributed by atoms with van der Waals surface area (Å²) in [6.45, 7) is 1.64. The number of hydrogen-bond acceptors (Lipinski definition) is 4. The van der Waals surface area contributed by atoms with E-state index in [1.54, 1.807) is 37.5 Å². The Balaban J connectivity index is 1.56. The highest BCUT2D eigenvalue weighted by Crippen LogP contribution is 2.29. The van der Waals surface area contributed by atoms with Gasteiger partial charge < -0.3 is 14.8 Å². The van der Waals surface area contributed by atoms with E-state index in [2.05, 4.69) is 32.0 Å². The molecular weight excluding hydrogens is 326 g/mol. The molecule has 1 aliphatic rings. The number of nitrogens with zero attached hydrogens (tertiary/aromatic N) is 4. The third-order valence-electron chi connectivity index (χ3n) is 4.73. The van der Waals surface area contributed by atoms with Crippen molar-refractivity contribution in [3.05, 3.63) is 60.1 Å². The molecule has 132 valence electrons. The van der Waals surface area contributed by atoms with E-state index in [4.69, 9.17) is 0 Å². The largest absolute Gasteiger partial charge is 0.353 e. The van der Waals surface area contributed by atoms with Crippen LogP contribution >= 0.6 is 0 Å². The fourth-order valence-corrected chi connectivity index (χ4v) is 3.33. The third-order valence-corrected chi connectivity index (χ3v) is 4.73. The van der Waals surface area contributed by atoms with Crippen LogP contribution in [-0.2, 0) is 0 Å². The average molecular weight is 347 g/mol. The molecule has 0 aliphatic carbocycles. The summed E-state index contributed by atoms with van der Waals surface area (Å²) in [6.07, 6.45) is 8.70. The number of hydrogen-bond donors (Lipinski definition) is 1. The van der Waals surface area contributed by atoms with Gasteiger partial charge in [0, 0.05) is 62.3 Å². The van der Waals surface area contributed by atoms with E-state index in [9.17, 15) is 4.79 Å². The lowest BCUT2D eigenvalue weighted by atomic mass is 9.99. The summed E-state index contributed by atoms with van der Waals surface area (Å²) in [7, 11) is 3.52. The number of amides is 1. The van der Waals surface area contributed by atoms with Crippen molar-refractivity contribution in [2.75, 3.05) is 32.1 Å². The normalized spacial score (nSPS) is 14.4. The molecule has 0 saturated carbocycles. The topological polar surface area (TPSA) is 65.1 Å². The zero-order chi connectivity index (χ0) is 18.1. The van der Waals surface area contributed by atoms with Crippen LogP contribution < -0.4 is 4.90 Å². The Bertz CT molecular complexity index is 989. The van der Waals surface area contributed by atoms with Crippen LogP contribution in [0.5, 0.6) is 0 Å². The molecule has 0 atom stereocenters. The molecule has 1 amide bonds. The number of aromatic amines is 1. The van der Waals surface area contributed by atoms with Gasteiger partial charge in [-0.05, 0) is 36.3 Å². The predicted molar refractivity (Wildman–Crippen MR) is 103 cm³/mol. The number of anilines is 1. The number of aromatic nitrogens is 3. The van der Waals surface area contributed by atoms with Gasteiger partial charge in [0.2, 0.25) is 0 Å². The molecule has 4 heterocycles. The van der Waals surface area contributed by atoms with Gasteiger partial charge >= 0.3 is 0 Å². The molecule has 3 aromatic rings. The molecule has 26 heavy (non-hydrogen) atoms. The zero-order valence-corrected chi connectivity index (χ0v) is 14.9. The van der Waals surface area contributed by atoms with Crippen molar-refractivity contribution in [3.63, 3.8) is 0 Å². The molecule has 0 bridgehead atoms. The molecule has 0 fully saturated rings. The number of pyridine rings is 2. The number of carbonyl (C=O) groups excluding carboxylic acids is 1. The van der Waals surface area contributed by atoms with Crippen molar-refractivity contribution in [1.29, 1.82) is 0 Å². The van der Waals surface area contributed by atoms with Crippen LogP contribution in [0.4, 0.5) is 5.82 Å². The Morgan fingerprint density at radius 1 is 1.23 bits per heavy atom. The second-order valence-corrected chi connectivity index (χ2v) is 6.63. The van der Waals surface area contributed by atoms with E-state index < -0.39 is 0 Å². The lowest BCUT2D eigenvalue weighted by Gasteiger charge is -2.27. The van der Waals surface area contributed by atoms with Gasteiger partial charge in [0.25, 0.3) is 5.91 Å². The highest BCUT2D eigenvalue weighted by Gasteiger charge is 2.18. The first-order valence-electron chi connectivity index (χ1n) is 8.67. The minimum Gasteiger partial charge on any atom is -0.353 e. The predicted octanol–water partition coefficient (Wildman–Crippen LogP) is 2.95. The van der Waals surface area contributed by atoms with Crippen molar-refractivity contribution >= 4 is 28.3 Å². The lowest BCUT2D eigenvalue weighted by molar-refractivity contribution is 0.0827. The van der Waals surface area contributed by atoms with Gasteiger partial charge in [0.15, 0.2) is 0 Å². The van der Waals surface area contributed by atoms with Crippen molar-refractivity contribution in [2.45, 2.75) is 6.42 Å². The summed E-state index contributed by atoms with van der Waals surface area (Å²) in [6, 6.07) is 7.69. The van der Waals surface area contributed by atoms with Crippen LogP contribution in [0.1, 0.15) is 22.3 Å². The first-order valence-corrected chi connectivity index (χ1v) is 8.67. The smallest absolute Gasteiger partial charge is 0.253 e. The summed E-state index contributed by atoms with van der Waals surface area (Å²) in [5.41, 5.74) is 4.12. The molecule has 0 spiro atoms. The highest BCUT2D eigenvalue weighted by atomic mass is 16.2. The fraction of sp³-hybridized carbons (Fsp3) is 0.250. The summed E-state index contributed by atoms with van der Waals surface area (Å²) in [5, 5.41) is 1.16. The van der Waals surface area contributed by atoms with Gasteiger partial charge in [-0.25, -0.2) is 9.97 Å². The minimum absolute atomic E-state index is 0.00631. The van der Waals surface area contributed by atoms with Crippen LogP contribution in [0, 0.1) is 0 Å². The summed E-state index contributed by atoms with van der Waals surface area (Å²) in [4.78, 5) is 28.0. The second-order valence-electron chi connectivity index (χ2n) is 6.63. The molecule has 1 N–H and O–H groups in total. The summed E-state index contributed by atoms with van der Waals surface area (Å²) < 4.78 is 0. The van der Waals surface area contributed by atoms with E-state index >= 15 is 0 Å². The van der Waals surface area contributed by atoms with E-state index in [-0.39, 0.29) is 5.91 Å². The number of carbonyl (C=O) groups is 1. The Morgan fingerprint density at radius 2 is 2.12 bits per heavy atom. The molecule has 6 heteroatoms. The maximum atomic E-state index is 12.2. The van der Waals surface area contributed by atoms with E-state index in [0.29, 0.717) is 5.56 Å². The standard InChI is InChI=1S/C20H21N5O/c1-24(2)20(26)15-5-9-21-18(12-15)25-10-6-14(7-11-25)17-13-23-19-16(17)4-3-8-22-19/h3-6,8-9,12-13H,7,10-11H2,1-2H3,(H,22,23). The molecule has 0 radical (unpaired) electrons. The first kappa shape index (κ1) is 16.3. The zero-order valence-electron chi connectivity index (χ0n) is 14.9. The van der Waals surface area contributed by atoms with E-state index in [1.807, 2.05) is 18.3 Å². The van der Waals surface area contributed by atoms with Gasteiger partial charge in [-0.3, -0.25) is 4.79 Å². The first-order chi connectivity index (χ1) is 12.6. The second kappa shape index (κ2) is 6.63. The summed E-state index contributed by atoms with van der Waals surface area (Å²) >= 11 is 0. The third kappa shape index (κ3) is 2.94. The van der Waals surface area contributed by atoms with Crippen molar-refractivity contribution in [2.24, 2.45) is 0 Å². The van der Waals surface area contributed by atoms with Crippen LogP contribution in [-0.4, -0.2) is 52.9 Å². The summed E-state index contributed by atoms with van der Waals surface area (Å²) in [5.74, 6) is 0.835. The average Bonchev–Trinajstić information content (AvgIpc) is 3.12. The van der Waals surface area contributed by atoms with Crippen LogP contribution in [0.25, 0.3) is 16.6 Å². The fourth-order valence-electron chi connectivity index (χ4n) is 3.33. The maximum absolute atomic E-state index is 12.2. The van der Waals surface area contributed by atoms with Gasteiger partial charge in [0.1, 0.15) is 11.5 Å². The lowest BCUT2D eigenvalue weighted by Crippen LogP contribution is -2.29. The Morgan fingerprint density at radius 3 is 2.88 bits per heavy atom. The van der Waals surface area contributed by atoms with Crippen molar-refractivity contribution < 1.29 is 4.79 Å². The van der Waals surface area contributed by atoms with Gasteiger partial charge in [0.05, 0.1) is 0 Å². The Kier molecular flexibility index (Phi) is 4.16. The van der Waals surface area contributed by atoms with Gasteiger partial charge in [-0.15, -0.1) is 0 Å². The monoisotopic (exact) mass is 347 g/mol. The van der Waals surface area contributed by atoms with Gasteiger partial charge in [-0.1, -0.05) is 6.08 Å². The Hall–Kier alpha value is -3.15. The minimum atomic E-state index is -0.00631. The maximum Gasteiger partial charge on any atom is 0.253 e. The number of nitrogens with one attached hydrogen (secondary N) is 1. The molecular formula is C20H21N5O. The van der Waals surface area contributed by atoms with E-state index in [1.165, 1.54) is 11.1 Å². The molecule has 3 aromatic heterocycles. The van der Waals surface area contributed by atoms with Crippen LogP contribution in [0.3, 0.4) is 0 Å². The number of fused-ring (bicyclic) bond motifs is 1. The highest BCUT2D eigenvalue weighted by molar-refractivity contribution is 5.94. The molecule has 0 saturated heterocycles. The number of rotatable bonds is 3.